The van der Waals surface area contributed by atoms with Gasteiger partial charge in [0, 0.05) is 36.5 Å². The van der Waals surface area contributed by atoms with Gasteiger partial charge in [-0.2, -0.15) is 0 Å². The Labute approximate surface area is 181 Å². The number of aromatic amines is 1. The van der Waals surface area contributed by atoms with Crippen LogP contribution >= 0.6 is 0 Å². The van der Waals surface area contributed by atoms with Crippen LogP contribution in [0.3, 0.4) is 0 Å². The van der Waals surface area contributed by atoms with E-state index in [-0.39, 0.29) is 18.4 Å². The van der Waals surface area contributed by atoms with Crippen molar-refractivity contribution in [3.05, 3.63) is 59.4 Å². The lowest BCUT2D eigenvalue weighted by molar-refractivity contribution is -0.125. The Bertz CT molecular complexity index is 1190. The minimum Gasteiger partial charge on any atom is -0.489 e. The molecule has 2 N–H and O–H groups in total. The lowest BCUT2D eigenvalue weighted by Gasteiger charge is -2.18. The van der Waals surface area contributed by atoms with Gasteiger partial charge in [0.15, 0.2) is 11.6 Å². The quantitative estimate of drug-likeness (QED) is 0.638. The molecule has 1 aromatic carbocycles. The number of amides is 2. The Kier molecular flexibility index (Phi) is 5.15. The average Bonchev–Trinajstić information content (AvgIpc) is 3.00. The van der Waals surface area contributed by atoms with Gasteiger partial charge < -0.3 is 19.9 Å². The van der Waals surface area contributed by atoms with Crippen LogP contribution in [0.2, 0.25) is 0 Å². The number of carbonyl (C=O) groups is 2. The molecule has 1 aliphatic heterocycles. The van der Waals surface area contributed by atoms with E-state index >= 15 is 0 Å². The third-order valence-corrected chi connectivity index (χ3v) is 5.45. The first-order valence-corrected chi connectivity index (χ1v) is 10.0. The molecule has 0 radical (unpaired) electrons. The molecule has 4 rings (SSSR count). The topological polar surface area (TPSA) is 87.3 Å². The molecule has 0 fully saturated rings. The lowest BCUT2D eigenvalue weighted by atomic mass is 9.94. The molecule has 3 aromatic rings. The molecule has 0 aliphatic carbocycles. The van der Waals surface area contributed by atoms with Crippen molar-refractivity contribution in [2.75, 3.05) is 19.0 Å². The standard InChI is InChI=1S/C24H24N4O3/c1-15-17-7-5-6-8-18(17)26-19(15)13-28(4)21(29)10-9-16-11-20-22(25-12-16)27-23(30)24(2,3)14-31-20/h7-12,26H,13-14H2,1-4H3,(H,25,27,30)/b10-9+. The zero-order valence-corrected chi connectivity index (χ0v) is 18.0. The van der Waals surface area contributed by atoms with Crippen molar-refractivity contribution in [1.29, 1.82) is 0 Å². The summed E-state index contributed by atoms with van der Waals surface area (Å²) in [5.41, 5.74) is 3.12. The van der Waals surface area contributed by atoms with Crippen molar-refractivity contribution in [1.82, 2.24) is 14.9 Å². The molecule has 158 valence electrons. The van der Waals surface area contributed by atoms with Crippen LogP contribution in [0.25, 0.3) is 17.0 Å². The number of nitrogens with one attached hydrogen (secondary N) is 2. The van der Waals surface area contributed by atoms with Gasteiger partial charge in [-0.25, -0.2) is 4.98 Å². The highest BCUT2D eigenvalue weighted by Crippen LogP contribution is 2.31. The van der Waals surface area contributed by atoms with E-state index in [9.17, 15) is 9.59 Å². The summed E-state index contributed by atoms with van der Waals surface area (Å²) in [5.74, 6) is 0.604. The number of pyridine rings is 1. The van der Waals surface area contributed by atoms with Gasteiger partial charge in [0.1, 0.15) is 6.61 Å². The molecule has 0 saturated heterocycles. The van der Waals surface area contributed by atoms with E-state index in [4.69, 9.17) is 4.74 Å². The van der Waals surface area contributed by atoms with Crippen molar-refractivity contribution >= 4 is 34.6 Å². The van der Waals surface area contributed by atoms with Gasteiger partial charge in [-0.3, -0.25) is 9.59 Å². The van der Waals surface area contributed by atoms with E-state index in [1.807, 2.05) is 32.9 Å². The van der Waals surface area contributed by atoms with Crippen molar-refractivity contribution in [3.8, 4) is 5.75 Å². The van der Waals surface area contributed by atoms with E-state index in [2.05, 4.69) is 27.4 Å². The lowest BCUT2D eigenvalue weighted by Crippen LogP contribution is -2.33. The summed E-state index contributed by atoms with van der Waals surface area (Å²) in [5, 5.41) is 3.86. The molecule has 3 heterocycles. The third-order valence-electron chi connectivity index (χ3n) is 5.45. The smallest absolute Gasteiger partial charge is 0.246 e. The molecule has 1 aliphatic rings. The molecule has 7 heteroatoms. The van der Waals surface area contributed by atoms with Crippen molar-refractivity contribution < 1.29 is 14.3 Å². The van der Waals surface area contributed by atoms with Crippen molar-refractivity contribution in [3.63, 3.8) is 0 Å². The van der Waals surface area contributed by atoms with Crippen LogP contribution in [0.1, 0.15) is 30.7 Å². The first-order valence-electron chi connectivity index (χ1n) is 10.0. The third kappa shape index (κ3) is 4.10. The Morgan fingerprint density at radius 2 is 2.13 bits per heavy atom. The number of anilines is 1. The second kappa shape index (κ2) is 7.80. The molecular formula is C24H24N4O3. The number of aromatic nitrogens is 2. The second-order valence-corrected chi connectivity index (χ2v) is 8.40. The number of carbonyl (C=O) groups excluding carboxylic acids is 2. The normalized spacial score (nSPS) is 15.0. The number of likely N-dealkylation sites (N-methyl/N-ethyl adjacent to an activating group) is 1. The Morgan fingerprint density at radius 1 is 1.35 bits per heavy atom. The van der Waals surface area contributed by atoms with E-state index in [0.717, 1.165) is 22.2 Å². The van der Waals surface area contributed by atoms with Crippen LogP contribution in [0.5, 0.6) is 5.75 Å². The summed E-state index contributed by atoms with van der Waals surface area (Å²) in [6.07, 6.45) is 4.79. The molecule has 0 spiro atoms. The average molecular weight is 416 g/mol. The number of fused-ring (bicyclic) bond motifs is 2. The number of hydrogen-bond acceptors (Lipinski definition) is 4. The molecular weight excluding hydrogens is 392 g/mol. The maximum absolute atomic E-state index is 12.6. The second-order valence-electron chi connectivity index (χ2n) is 8.40. The van der Waals surface area contributed by atoms with Crippen LogP contribution in [-0.2, 0) is 16.1 Å². The monoisotopic (exact) mass is 416 g/mol. The van der Waals surface area contributed by atoms with Crippen LogP contribution in [0.4, 0.5) is 5.82 Å². The van der Waals surface area contributed by atoms with Crippen LogP contribution in [0, 0.1) is 24.5 Å². The Balaban J connectivity index is 1.46. The zero-order chi connectivity index (χ0) is 22.2. The van der Waals surface area contributed by atoms with Gasteiger partial charge in [0.25, 0.3) is 0 Å². The fraction of sp³-hybridized carbons (Fsp3) is 0.292. The van der Waals surface area contributed by atoms with Gasteiger partial charge in [-0.1, -0.05) is 12.1 Å². The van der Waals surface area contributed by atoms with Crippen LogP contribution in [-0.4, -0.2) is 40.3 Å². The fourth-order valence-electron chi connectivity index (χ4n) is 3.34. The number of ether oxygens (including phenoxy) is 1. The minimum absolute atomic E-state index is 0.137. The maximum atomic E-state index is 12.6. The van der Waals surface area contributed by atoms with Gasteiger partial charge in [-0.15, -0.1) is 0 Å². The number of rotatable bonds is 4. The summed E-state index contributed by atoms with van der Waals surface area (Å²) in [6.45, 7) is 6.36. The Hall–Kier alpha value is -3.79. The first kappa shape index (κ1) is 20.5. The van der Waals surface area contributed by atoms with Gasteiger partial charge in [0.2, 0.25) is 11.8 Å². The molecule has 0 bridgehead atoms. The SMILES string of the molecule is Cc1c(CN(C)C(=O)/C=C/c2cnc3c(c2)OCC(C)(C)C(=O)N3)[nH]c2cc#ccc12. The van der Waals surface area contributed by atoms with E-state index in [1.165, 1.54) is 6.08 Å². The van der Waals surface area contributed by atoms with E-state index in [1.54, 1.807) is 30.3 Å². The summed E-state index contributed by atoms with van der Waals surface area (Å²) in [7, 11) is 1.76. The molecule has 2 amide bonds. The maximum Gasteiger partial charge on any atom is 0.246 e. The summed E-state index contributed by atoms with van der Waals surface area (Å²) < 4.78 is 5.77. The highest BCUT2D eigenvalue weighted by Gasteiger charge is 2.32. The van der Waals surface area contributed by atoms with Crippen molar-refractivity contribution in [2.45, 2.75) is 27.3 Å². The molecule has 2 aromatic heterocycles. The van der Waals surface area contributed by atoms with Crippen LogP contribution < -0.4 is 10.1 Å². The van der Waals surface area contributed by atoms with E-state index in [0.29, 0.717) is 23.7 Å². The molecule has 0 unspecified atom stereocenters. The van der Waals surface area contributed by atoms with Gasteiger partial charge in [0.05, 0.1) is 17.5 Å². The van der Waals surface area contributed by atoms with Gasteiger partial charge >= 0.3 is 0 Å². The van der Waals surface area contributed by atoms with Crippen molar-refractivity contribution in [2.24, 2.45) is 5.41 Å². The highest BCUT2D eigenvalue weighted by molar-refractivity contribution is 5.96. The number of hydrogen-bond donors (Lipinski definition) is 2. The molecule has 7 nitrogen and oxygen atoms in total. The summed E-state index contributed by atoms with van der Waals surface area (Å²) >= 11 is 0. The predicted molar refractivity (Wildman–Crippen MR) is 118 cm³/mol. The highest BCUT2D eigenvalue weighted by atomic mass is 16.5. The molecule has 31 heavy (non-hydrogen) atoms. The number of H-pyrrole nitrogens is 1. The summed E-state index contributed by atoms with van der Waals surface area (Å²) in [4.78, 5) is 34.1. The van der Waals surface area contributed by atoms with Gasteiger partial charge in [-0.05, 0) is 50.1 Å². The minimum atomic E-state index is -0.647. The van der Waals surface area contributed by atoms with Crippen LogP contribution in [0.15, 0.2) is 30.5 Å². The molecule has 0 atom stereocenters. The fourth-order valence-corrected chi connectivity index (χ4v) is 3.34. The van der Waals surface area contributed by atoms with E-state index < -0.39 is 5.41 Å². The first-order chi connectivity index (χ1) is 14.7. The molecule has 0 saturated carbocycles. The predicted octanol–water partition coefficient (Wildman–Crippen LogP) is 3.50. The summed E-state index contributed by atoms with van der Waals surface area (Å²) in [6, 6.07) is 11.4. The Morgan fingerprint density at radius 3 is 2.90 bits per heavy atom. The number of aryl methyl sites for hydroxylation is 1. The largest absolute Gasteiger partial charge is 0.489 e. The number of nitrogens with zero attached hydrogens (tertiary/aromatic N) is 2. The zero-order valence-electron chi connectivity index (χ0n) is 18.0.